The van der Waals surface area contributed by atoms with E-state index in [1.165, 1.54) is 5.57 Å². The highest BCUT2D eigenvalue weighted by molar-refractivity contribution is 5.86. The number of piperidine rings is 1. The van der Waals surface area contributed by atoms with E-state index in [1.807, 2.05) is 0 Å². The molecule has 0 aromatic rings. The van der Waals surface area contributed by atoms with Crippen molar-refractivity contribution in [1.82, 2.24) is 4.90 Å². The van der Waals surface area contributed by atoms with Crippen molar-refractivity contribution in [3.63, 3.8) is 0 Å². The summed E-state index contributed by atoms with van der Waals surface area (Å²) in [5.41, 5.74) is 6.26. The molecule has 0 unspecified atom stereocenters. The van der Waals surface area contributed by atoms with Gasteiger partial charge < -0.3 is 15.4 Å². The third-order valence-corrected chi connectivity index (χ3v) is 2.46. The number of hydrogen-bond donors (Lipinski definition) is 1. The summed E-state index contributed by atoms with van der Waals surface area (Å²) in [5.74, 6) is -0.328. The molecule has 0 aromatic heterocycles. The summed E-state index contributed by atoms with van der Waals surface area (Å²) in [6.07, 6.45) is 3.47. The molecule has 0 atom stereocenters. The van der Waals surface area contributed by atoms with Gasteiger partial charge >= 0.3 is 0 Å². The third kappa shape index (κ3) is 7.06. The second kappa shape index (κ2) is 9.90. The van der Waals surface area contributed by atoms with Crippen molar-refractivity contribution in [2.24, 2.45) is 5.73 Å². The Kier molecular flexibility index (Phi) is 11.2. The summed E-state index contributed by atoms with van der Waals surface area (Å²) in [6.45, 7) is 3.75. The molecule has 96 valence electrons. The summed E-state index contributed by atoms with van der Waals surface area (Å²) < 4.78 is 5.01. The fourth-order valence-electron chi connectivity index (χ4n) is 1.63. The maximum atomic E-state index is 10.6. The van der Waals surface area contributed by atoms with Gasteiger partial charge in [0.15, 0.2) is 0 Å². The molecule has 0 saturated carbocycles. The number of primary amides is 1. The van der Waals surface area contributed by atoms with Gasteiger partial charge in [0.2, 0.25) is 5.91 Å². The number of hydrogen-bond acceptors (Lipinski definition) is 3. The normalized spacial score (nSPS) is 15.9. The summed E-state index contributed by atoms with van der Waals surface area (Å²) >= 11 is 0. The van der Waals surface area contributed by atoms with Crippen molar-refractivity contribution in [3.8, 4) is 0 Å². The minimum Gasteiger partial charge on any atom is -0.383 e. The molecule has 16 heavy (non-hydrogen) atoms. The Bertz CT molecular complexity index is 225. The Labute approximate surface area is 109 Å². The quantitative estimate of drug-likeness (QED) is 0.776. The van der Waals surface area contributed by atoms with Gasteiger partial charge in [0.25, 0.3) is 0 Å². The Morgan fingerprint density at radius 3 is 2.44 bits per heavy atom. The van der Waals surface area contributed by atoms with Crippen LogP contribution in [0.1, 0.15) is 12.8 Å². The maximum Gasteiger partial charge on any atom is 0.241 e. The van der Waals surface area contributed by atoms with Crippen LogP contribution in [0.3, 0.4) is 0 Å². The molecule has 2 N–H and O–H groups in total. The van der Waals surface area contributed by atoms with Gasteiger partial charge in [-0.25, -0.2) is 0 Å². The van der Waals surface area contributed by atoms with Gasteiger partial charge in [0.05, 0.1) is 6.61 Å². The Morgan fingerprint density at radius 2 is 2.00 bits per heavy atom. The van der Waals surface area contributed by atoms with E-state index in [-0.39, 0.29) is 30.7 Å². The van der Waals surface area contributed by atoms with Crippen LogP contribution in [0.5, 0.6) is 0 Å². The minimum absolute atomic E-state index is 0. The fraction of sp³-hybridized carbons (Fsp3) is 0.700. The zero-order chi connectivity index (χ0) is 10.4. The lowest BCUT2D eigenvalue weighted by Gasteiger charge is -2.27. The van der Waals surface area contributed by atoms with Gasteiger partial charge in [0.1, 0.15) is 0 Å². The molecule has 1 rings (SSSR count). The van der Waals surface area contributed by atoms with Gasteiger partial charge in [-0.1, -0.05) is 5.57 Å². The number of nitrogens with two attached hydrogens (primary N) is 1. The number of rotatable bonds is 4. The van der Waals surface area contributed by atoms with Gasteiger partial charge in [-0.2, -0.15) is 0 Å². The average molecular weight is 271 g/mol. The predicted molar refractivity (Wildman–Crippen MR) is 69.3 cm³/mol. The first kappa shape index (κ1) is 18.1. The van der Waals surface area contributed by atoms with E-state index in [0.717, 1.165) is 39.1 Å². The first-order valence-corrected chi connectivity index (χ1v) is 4.92. The zero-order valence-corrected chi connectivity index (χ0v) is 11.1. The second-order valence-electron chi connectivity index (χ2n) is 3.54. The Morgan fingerprint density at radius 1 is 1.44 bits per heavy atom. The SMILES string of the molecule is COCCN1CCC(=CC(N)=O)CC1.Cl.Cl. The van der Waals surface area contributed by atoms with Gasteiger partial charge in [-0.15, -0.1) is 24.8 Å². The fourth-order valence-corrected chi connectivity index (χ4v) is 1.63. The van der Waals surface area contributed by atoms with E-state index in [2.05, 4.69) is 4.90 Å². The van der Waals surface area contributed by atoms with Crippen LogP contribution in [0.15, 0.2) is 11.6 Å². The number of ether oxygens (including phenoxy) is 1. The molecule has 1 saturated heterocycles. The van der Waals surface area contributed by atoms with E-state index in [4.69, 9.17) is 10.5 Å². The topological polar surface area (TPSA) is 55.6 Å². The molecule has 1 aliphatic rings. The number of amides is 1. The molecule has 1 aliphatic heterocycles. The lowest BCUT2D eigenvalue weighted by Crippen LogP contribution is -2.33. The number of carbonyl (C=O) groups excluding carboxylic acids is 1. The molecule has 0 bridgehead atoms. The van der Waals surface area contributed by atoms with Crippen molar-refractivity contribution in [1.29, 1.82) is 0 Å². The van der Waals surface area contributed by atoms with Gasteiger partial charge in [-0.05, 0) is 12.8 Å². The highest BCUT2D eigenvalue weighted by Crippen LogP contribution is 2.15. The Hall–Kier alpha value is -0.290. The molecule has 4 nitrogen and oxygen atoms in total. The highest BCUT2D eigenvalue weighted by Gasteiger charge is 2.13. The monoisotopic (exact) mass is 270 g/mol. The molecular weight excluding hydrogens is 251 g/mol. The first-order valence-electron chi connectivity index (χ1n) is 4.92. The summed E-state index contributed by atoms with van der Waals surface area (Å²) in [4.78, 5) is 13.0. The van der Waals surface area contributed by atoms with Gasteiger partial charge in [-0.3, -0.25) is 4.79 Å². The van der Waals surface area contributed by atoms with Crippen LogP contribution in [0.2, 0.25) is 0 Å². The lowest BCUT2D eigenvalue weighted by molar-refractivity contribution is -0.113. The van der Waals surface area contributed by atoms with Crippen LogP contribution in [-0.2, 0) is 9.53 Å². The molecule has 6 heteroatoms. The van der Waals surface area contributed by atoms with Crippen molar-refractivity contribution in [2.45, 2.75) is 12.8 Å². The van der Waals surface area contributed by atoms with E-state index in [0.29, 0.717) is 0 Å². The van der Waals surface area contributed by atoms with E-state index >= 15 is 0 Å². The van der Waals surface area contributed by atoms with Crippen molar-refractivity contribution in [2.75, 3.05) is 33.4 Å². The third-order valence-electron chi connectivity index (χ3n) is 2.46. The molecule has 1 amide bonds. The van der Waals surface area contributed by atoms with Gasteiger partial charge in [0, 0.05) is 32.8 Å². The molecule has 1 fully saturated rings. The van der Waals surface area contributed by atoms with Crippen LogP contribution in [-0.4, -0.2) is 44.2 Å². The van der Waals surface area contributed by atoms with Crippen LogP contribution in [0, 0.1) is 0 Å². The second-order valence-corrected chi connectivity index (χ2v) is 3.54. The zero-order valence-electron chi connectivity index (χ0n) is 9.48. The smallest absolute Gasteiger partial charge is 0.241 e. The highest BCUT2D eigenvalue weighted by atomic mass is 35.5. The number of carbonyl (C=O) groups is 1. The Balaban J connectivity index is 0. The van der Waals surface area contributed by atoms with Crippen LogP contribution >= 0.6 is 24.8 Å². The first-order chi connectivity index (χ1) is 6.72. The minimum atomic E-state index is -0.328. The largest absolute Gasteiger partial charge is 0.383 e. The molecular formula is C10H20Cl2N2O2. The summed E-state index contributed by atoms with van der Waals surface area (Å²) in [6, 6.07) is 0. The lowest BCUT2D eigenvalue weighted by atomic mass is 10.0. The predicted octanol–water partition coefficient (Wildman–Crippen LogP) is 0.984. The standard InChI is InChI=1S/C10H18N2O2.2ClH/c1-14-7-6-12-4-2-9(3-5-12)8-10(11)13;;/h8H,2-7H2,1H3,(H2,11,13);2*1H. The van der Waals surface area contributed by atoms with E-state index < -0.39 is 0 Å². The summed E-state index contributed by atoms with van der Waals surface area (Å²) in [5, 5.41) is 0. The van der Waals surface area contributed by atoms with Crippen molar-refractivity contribution in [3.05, 3.63) is 11.6 Å². The van der Waals surface area contributed by atoms with Crippen molar-refractivity contribution >= 4 is 30.7 Å². The molecule has 1 heterocycles. The molecule has 0 spiro atoms. The number of halogens is 2. The van der Waals surface area contributed by atoms with E-state index in [9.17, 15) is 4.79 Å². The van der Waals surface area contributed by atoms with Crippen LogP contribution in [0.4, 0.5) is 0 Å². The molecule has 0 aromatic carbocycles. The maximum absolute atomic E-state index is 10.6. The summed E-state index contributed by atoms with van der Waals surface area (Å²) in [7, 11) is 1.71. The average Bonchev–Trinajstić information content (AvgIpc) is 2.16. The number of nitrogens with zero attached hydrogens (tertiary/aromatic N) is 1. The van der Waals surface area contributed by atoms with Crippen LogP contribution in [0.25, 0.3) is 0 Å². The van der Waals surface area contributed by atoms with Crippen molar-refractivity contribution < 1.29 is 9.53 Å². The van der Waals surface area contributed by atoms with Crippen LogP contribution < -0.4 is 5.73 Å². The van der Waals surface area contributed by atoms with E-state index in [1.54, 1.807) is 13.2 Å². The molecule has 0 radical (unpaired) electrons. The number of methoxy groups -OCH3 is 1. The molecule has 0 aliphatic carbocycles. The number of likely N-dealkylation sites (tertiary alicyclic amines) is 1.